The first-order chi connectivity index (χ1) is 8.77. The van der Waals surface area contributed by atoms with Crippen LogP contribution in [0.3, 0.4) is 0 Å². The zero-order valence-corrected chi connectivity index (χ0v) is 11.7. The van der Waals surface area contributed by atoms with E-state index in [2.05, 4.69) is 0 Å². The molecular weight excluding hydrogens is 241 g/mol. The second kappa shape index (κ2) is 4.55. The number of hydrogen-bond acceptors (Lipinski definition) is 4. The summed E-state index contributed by atoms with van der Waals surface area (Å²) in [6, 6.07) is 7.19. The van der Waals surface area contributed by atoms with E-state index in [-0.39, 0.29) is 12.2 Å². The lowest BCUT2D eigenvalue weighted by atomic mass is 9.78. The van der Waals surface area contributed by atoms with Gasteiger partial charge in [0.05, 0.1) is 23.7 Å². The van der Waals surface area contributed by atoms with Crippen molar-refractivity contribution >= 4 is 12.6 Å². The van der Waals surface area contributed by atoms with Crippen molar-refractivity contribution in [2.24, 2.45) is 0 Å². The first-order valence-corrected chi connectivity index (χ1v) is 6.31. The standard InChI is InChI=1S/C14H18BNO3/c1-13(2)14(3,4)19-15(18-13)11-6-5-10(7-8-16)12(17)9-11/h5-6,9,17H,7H2,1-4H3. The highest BCUT2D eigenvalue weighted by Crippen LogP contribution is 2.36. The van der Waals surface area contributed by atoms with E-state index in [1.807, 2.05) is 39.8 Å². The predicted octanol–water partition coefficient (Wildman–Crippen LogP) is 1.76. The van der Waals surface area contributed by atoms with E-state index in [0.717, 1.165) is 5.46 Å². The molecule has 1 aromatic rings. The molecule has 0 spiro atoms. The van der Waals surface area contributed by atoms with Gasteiger partial charge in [0, 0.05) is 5.56 Å². The fourth-order valence-corrected chi connectivity index (χ4v) is 1.94. The van der Waals surface area contributed by atoms with Crippen LogP contribution in [0.25, 0.3) is 0 Å². The lowest BCUT2D eigenvalue weighted by Gasteiger charge is -2.32. The summed E-state index contributed by atoms with van der Waals surface area (Å²) >= 11 is 0. The number of phenolic OH excluding ortho intramolecular Hbond substituents is 1. The number of rotatable bonds is 2. The summed E-state index contributed by atoms with van der Waals surface area (Å²) in [6.45, 7) is 7.93. The first kappa shape index (κ1) is 13.9. The molecule has 0 unspecified atom stereocenters. The molecule has 1 saturated heterocycles. The van der Waals surface area contributed by atoms with Crippen molar-refractivity contribution in [3.8, 4) is 11.8 Å². The monoisotopic (exact) mass is 259 g/mol. The summed E-state index contributed by atoms with van der Waals surface area (Å²) in [6.07, 6.45) is 0.190. The third kappa shape index (κ3) is 2.47. The molecule has 2 rings (SSSR count). The van der Waals surface area contributed by atoms with E-state index in [0.29, 0.717) is 5.56 Å². The summed E-state index contributed by atoms with van der Waals surface area (Å²) in [5.74, 6) is 0.105. The molecule has 1 fully saturated rings. The molecule has 0 atom stereocenters. The Morgan fingerprint density at radius 3 is 2.26 bits per heavy atom. The van der Waals surface area contributed by atoms with Gasteiger partial charge in [-0.25, -0.2) is 0 Å². The van der Waals surface area contributed by atoms with E-state index < -0.39 is 18.3 Å². The molecule has 1 N–H and O–H groups in total. The van der Waals surface area contributed by atoms with Crippen LogP contribution in [0, 0.1) is 11.3 Å². The molecule has 4 nitrogen and oxygen atoms in total. The van der Waals surface area contributed by atoms with E-state index in [1.54, 1.807) is 12.1 Å². The SMILES string of the molecule is CC1(C)OB(c2ccc(CC#N)c(O)c2)OC1(C)C. The van der Waals surface area contributed by atoms with Crippen LogP contribution in [0.15, 0.2) is 18.2 Å². The van der Waals surface area contributed by atoms with Gasteiger partial charge < -0.3 is 14.4 Å². The van der Waals surface area contributed by atoms with Gasteiger partial charge in [0.25, 0.3) is 0 Å². The number of nitriles is 1. The van der Waals surface area contributed by atoms with Crippen LogP contribution < -0.4 is 5.46 Å². The van der Waals surface area contributed by atoms with Crippen LogP contribution in [0.4, 0.5) is 0 Å². The Balaban J connectivity index is 2.26. The summed E-state index contributed by atoms with van der Waals surface area (Å²) in [5, 5.41) is 18.5. The Morgan fingerprint density at radius 2 is 1.79 bits per heavy atom. The molecule has 5 heteroatoms. The largest absolute Gasteiger partial charge is 0.508 e. The van der Waals surface area contributed by atoms with E-state index in [1.165, 1.54) is 0 Å². The van der Waals surface area contributed by atoms with Crippen LogP contribution in [0.1, 0.15) is 33.3 Å². The van der Waals surface area contributed by atoms with Gasteiger partial charge in [0.2, 0.25) is 0 Å². The van der Waals surface area contributed by atoms with Crippen molar-refractivity contribution in [2.45, 2.75) is 45.3 Å². The van der Waals surface area contributed by atoms with Crippen molar-refractivity contribution in [2.75, 3.05) is 0 Å². The van der Waals surface area contributed by atoms with Gasteiger partial charge in [-0.05, 0) is 39.2 Å². The Labute approximate surface area is 114 Å². The number of nitrogens with zero attached hydrogens (tertiary/aromatic N) is 1. The van der Waals surface area contributed by atoms with Crippen LogP contribution in [-0.4, -0.2) is 23.4 Å². The Kier molecular flexibility index (Phi) is 3.33. The zero-order chi connectivity index (χ0) is 14.3. The molecular formula is C14H18BNO3. The van der Waals surface area contributed by atoms with E-state index >= 15 is 0 Å². The van der Waals surface area contributed by atoms with Crippen molar-refractivity contribution in [3.63, 3.8) is 0 Å². The molecule has 0 aromatic heterocycles. The fourth-order valence-electron chi connectivity index (χ4n) is 1.94. The smallest absolute Gasteiger partial charge is 0.494 e. The second-order valence-corrected chi connectivity index (χ2v) is 5.81. The molecule has 19 heavy (non-hydrogen) atoms. The van der Waals surface area contributed by atoms with E-state index in [9.17, 15) is 5.11 Å². The normalized spacial score (nSPS) is 20.3. The second-order valence-electron chi connectivity index (χ2n) is 5.81. The van der Waals surface area contributed by atoms with Gasteiger partial charge >= 0.3 is 7.12 Å². The highest BCUT2D eigenvalue weighted by Gasteiger charge is 2.51. The minimum absolute atomic E-state index is 0.105. The maximum atomic E-state index is 9.88. The molecule has 0 aliphatic carbocycles. The lowest BCUT2D eigenvalue weighted by Crippen LogP contribution is -2.41. The van der Waals surface area contributed by atoms with Crippen LogP contribution >= 0.6 is 0 Å². The minimum atomic E-state index is -0.493. The van der Waals surface area contributed by atoms with E-state index in [4.69, 9.17) is 14.6 Å². The predicted molar refractivity (Wildman–Crippen MR) is 73.1 cm³/mol. The summed E-state index contributed by atoms with van der Waals surface area (Å²) in [7, 11) is -0.493. The first-order valence-electron chi connectivity index (χ1n) is 6.31. The van der Waals surface area contributed by atoms with Gasteiger partial charge in [-0.3, -0.25) is 0 Å². The fraction of sp³-hybridized carbons (Fsp3) is 0.500. The number of phenols is 1. The summed E-state index contributed by atoms with van der Waals surface area (Å²) < 4.78 is 11.8. The minimum Gasteiger partial charge on any atom is -0.508 e. The number of hydrogen-bond donors (Lipinski definition) is 1. The molecule has 1 aromatic carbocycles. The van der Waals surface area contributed by atoms with Gasteiger partial charge in [-0.2, -0.15) is 5.26 Å². The van der Waals surface area contributed by atoms with Gasteiger partial charge in [-0.1, -0.05) is 12.1 Å². The van der Waals surface area contributed by atoms with Crippen molar-refractivity contribution in [1.82, 2.24) is 0 Å². The average Bonchev–Trinajstić information content (AvgIpc) is 2.51. The zero-order valence-electron chi connectivity index (χ0n) is 11.7. The quantitative estimate of drug-likeness (QED) is 0.822. The van der Waals surface area contributed by atoms with Gasteiger partial charge in [-0.15, -0.1) is 0 Å². The van der Waals surface area contributed by atoms with Gasteiger partial charge in [0.1, 0.15) is 5.75 Å². The van der Waals surface area contributed by atoms with Crippen LogP contribution in [0.5, 0.6) is 5.75 Å². The van der Waals surface area contributed by atoms with Crippen LogP contribution in [0.2, 0.25) is 0 Å². The molecule has 1 aliphatic rings. The number of benzene rings is 1. The highest BCUT2D eigenvalue weighted by atomic mass is 16.7. The van der Waals surface area contributed by atoms with Crippen molar-refractivity contribution < 1.29 is 14.4 Å². The topological polar surface area (TPSA) is 62.5 Å². The molecule has 1 heterocycles. The maximum Gasteiger partial charge on any atom is 0.494 e. The molecule has 0 bridgehead atoms. The molecule has 0 saturated carbocycles. The molecule has 1 aliphatic heterocycles. The van der Waals surface area contributed by atoms with Gasteiger partial charge in [0.15, 0.2) is 0 Å². The Morgan fingerprint density at radius 1 is 1.21 bits per heavy atom. The molecule has 100 valence electrons. The van der Waals surface area contributed by atoms with Crippen molar-refractivity contribution in [1.29, 1.82) is 5.26 Å². The average molecular weight is 259 g/mol. The summed E-state index contributed by atoms with van der Waals surface area (Å²) in [4.78, 5) is 0. The van der Waals surface area contributed by atoms with Crippen molar-refractivity contribution in [3.05, 3.63) is 23.8 Å². The highest BCUT2D eigenvalue weighted by molar-refractivity contribution is 6.62. The molecule has 0 radical (unpaired) electrons. The maximum absolute atomic E-state index is 9.88. The third-order valence-corrected chi connectivity index (χ3v) is 3.90. The Hall–Kier alpha value is -1.51. The number of aromatic hydroxyl groups is 1. The lowest BCUT2D eigenvalue weighted by molar-refractivity contribution is 0.00578. The molecule has 0 amide bonds. The third-order valence-electron chi connectivity index (χ3n) is 3.90. The summed E-state index contributed by atoms with van der Waals surface area (Å²) in [5.41, 5.74) is 0.567. The van der Waals surface area contributed by atoms with Crippen LogP contribution in [-0.2, 0) is 15.7 Å². The Bertz CT molecular complexity index is 518.